The van der Waals surface area contributed by atoms with Gasteiger partial charge in [0.1, 0.15) is 5.82 Å². The number of amides is 2. The number of nitrogens with one attached hydrogen (secondary N) is 1. The summed E-state index contributed by atoms with van der Waals surface area (Å²) in [6.07, 6.45) is 4.75. The molecule has 1 aromatic carbocycles. The molecule has 6 heteroatoms. The number of aryl methyl sites for hydroxylation is 1. The zero-order valence-electron chi connectivity index (χ0n) is 16.2. The molecule has 0 bridgehead atoms. The zero-order chi connectivity index (χ0) is 19.5. The highest BCUT2D eigenvalue weighted by Crippen LogP contribution is 2.31. The van der Waals surface area contributed by atoms with E-state index < -0.39 is 0 Å². The van der Waals surface area contributed by atoms with Crippen molar-refractivity contribution >= 4 is 23.3 Å². The largest absolute Gasteiger partial charge is 0.355 e. The van der Waals surface area contributed by atoms with Crippen molar-refractivity contribution in [2.75, 3.05) is 36.4 Å². The Labute approximate surface area is 165 Å². The van der Waals surface area contributed by atoms with E-state index in [1.807, 2.05) is 48.2 Å². The number of hydrogen-bond donors (Lipinski definition) is 1. The molecule has 4 rings (SSSR count). The molecule has 2 aromatic rings. The summed E-state index contributed by atoms with van der Waals surface area (Å²) >= 11 is 0. The topological polar surface area (TPSA) is 65.5 Å². The van der Waals surface area contributed by atoms with E-state index in [2.05, 4.69) is 15.2 Å². The average molecular weight is 378 g/mol. The number of benzene rings is 1. The molecule has 2 heterocycles. The highest BCUT2D eigenvalue weighted by atomic mass is 16.2. The summed E-state index contributed by atoms with van der Waals surface area (Å²) in [5, 5.41) is 2.89. The van der Waals surface area contributed by atoms with Gasteiger partial charge in [0.15, 0.2) is 0 Å². The molecule has 1 N–H and O–H groups in total. The van der Waals surface area contributed by atoms with E-state index in [1.165, 1.54) is 0 Å². The second-order valence-corrected chi connectivity index (χ2v) is 7.67. The van der Waals surface area contributed by atoms with Crippen molar-refractivity contribution in [3.05, 3.63) is 53.7 Å². The number of carbonyl (C=O) groups is 2. The van der Waals surface area contributed by atoms with E-state index in [0.717, 1.165) is 56.8 Å². The van der Waals surface area contributed by atoms with Crippen LogP contribution in [0.4, 0.5) is 11.5 Å². The lowest BCUT2D eigenvalue weighted by Crippen LogP contribution is -2.36. The van der Waals surface area contributed by atoms with Gasteiger partial charge in [0.05, 0.1) is 11.9 Å². The standard InChI is InChI=1S/C22H26N4O2/c1-16-3-5-17(6-4-16)21(27)24-19-9-10-20(23-15-19)25-11-2-12-26(14-13-25)22(28)18-7-8-18/h3-6,9-10,15,18H,2,7-8,11-14H2,1H3,(H,24,27). The quantitative estimate of drug-likeness (QED) is 0.888. The van der Waals surface area contributed by atoms with Crippen LogP contribution in [0.1, 0.15) is 35.2 Å². The molecule has 1 aliphatic carbocycles. The summed E-state index contributed by atoms with van der Waals surface area (Å²) in [5.41, 5.74) is 2.43. The maximum atomic E-state index is 12.3. The van der Waals surface area contributed by atoms with Crippen molar-refractivity contribution in [3.8, 4) is 0 Å². The second-order valence-electron chi connectivity index (χ2n) is 7.67. The zero-order valence-corrected chi connectivity index (χ0v) is 16.2. The Kier molecular flexibility index (Phi) is 5.28. The van der Waals surface area contributed by atoms with Crippen LogP contribution in [0.3, 0.4) is 0 Å². The van der Waals surface area contributed by atoms with Gasteiger partial charge < -0.3 is 15.1 Å². The molecule has 0 radical (unpaired) electrons. The normalized spacial score (nSPS) is 17.2. The van der Waals surface area contributed by atoms with Crippen molar-refractivity contribution in [3.63, 3.8) is 0 Å². The van der Waals surface area contributed by atoms with Crippen molar-refractivity contribution in [1.29, 1.82) is 0 Å². The highest BCUT2D eigenvalue weighted by Gasteiger charge is 2.33. The van der Waals surface area contributed by atoms with Gasteiger partial charge in [0.25, 0.3) is 5.91 Å². The number of nitrogens with zero attached hydrogens (tertiary/aromatic N) is 3. The first-order valence-electron chi connectivity index (χ1n) is 9.98. The lowest BCUT2D eigenvalue weighted by Gasteiger charge is -2.23. The van der Waals surface area contributed by atoms with Crippen LogP contribution in [0.5, 0.6) is 0 Å². The van der Waals surface area contributed by atoms with Crippen LogP contribution in [-0.4, -0.2) is 47.9 Å². The molecule has 1 saturated carbocycles. The second kappa shape index (κ2) is 8.00. The van der Waals surface area contributed by atoms with Gasteiger partial charge in [-0.2, -0.15) is 0 Å². The minimum atomic E-state index is -0.140. The van der Waals surface area contributed by atoms with E-state index in [9.17, 15) is 9.59 Å². The Morgan fingerprint density at radius 3 is 2.46 bits per heavy atom. The molecule has 2 fully saturated rings. The fraction of sp³-hybridized carbons (Fsp3) is 0.409. The van der Waals surface area contributed by atoms with Gasteiger partial charge in [0.2, 0.25) is 5.91 Å². The van der Waals surface area contributed by atoms with Gasteiger partial charge in [-0.05, 0) is 50.5 Å². The summed E-state index contributed by atoms with van der Waals surface area (Å²) in [6.45, 7) is 5.25. The molecule has 0 spiro atoms. The van der Waals surface area contributed by atoms with Gasteiger partial charge in [-0.15, -0.1) is 0 Å². The summed E-state index contributed by atoms with van der Waals surface area (Å²) in [4.78, 5) is 33.4. The summed E-state index contributed by atoms with van der Waals surface area (Å²) in [7, 11) is 0. The fourth-order valence-electron chi connectivity index (χ4n) is 3.51. The van der Waals surface area contributed by atoms with E-state index in [0.29, 0.717) is 17.2 Å². The smallest absolute Gasteiger partial charge is 0.255 e. The molecule has 2 aliphatic rings. The van der Waals surface area contributed by atoms with Crippen LogP contribution < -0.4 is 10.2 Å². The Bertz CT molecular complexity index is 844. The predicted octanol–water partition coefficient (Wildman–Crippen LogP) is 3.09. The maximum Gasteiger partial charge on any atom is 0.255 e. The Morgan fingerprint density at radius 1 is 1.00 bits per heavy atom. The molecule has 2 amide bonds. The van der Waals surface area contributed by atoms with E-state index >= 15 is 0 Å². The SMILES string of the molecule is Cc1ccc(C(=O)Nc2ccc(N3CCCN(C(=O)C4CC4)CC3)nc2)cc1. The third kappa shape index (κ3) is 4.32. The first-order chi connectivity index (χ1) is 13.6. The van der Waals surface area contributed by atoms with Gasteiger partial charge in [-0.3, -0.25) is 9.59 Å². The van der Waals surface area contributed by atoms with E-state index in [4.69, 9.17) is 0 Å². The summed E-state index contributed by atoms with van der Waals surface area (Å²) in [5.74, 6) is 1.35. The Balaban J connectivity index is 1.35. The molecule has 0 atom stereocenters. The molecule has 146 valence electrons. The Morgan fingerprint density at radius 2 is 1.79 bits per heavy atom. The van der Waals surface area contributed by atoms with Crippen molar-refractivity contribution in [2.24, 2.45) is 5.92 Å². The van der Waals surface area contributed by atoms with Crippen LogP contribution >= 0.6 is 0 Å². The number of anilines is 2. The van der Waals surface area contributed by atoms with Crippen LogP contribution in [-0.2, 0) is 4.79 Å². The van der Waals surface area contributed by atoms with Crippen molar-refractivity contribution < 1.29 is 9.59 Å². The lowest BCUT2D eigenvalue weighted by molar-refractivity contribution is -0.132. The molecule has 1 aliphatic heterocycles. The Hall–Kier alpha value is -2.89. The van der Waals surface area contributed by atoms with Crippen LogP contribution in [0.25, 0.3) is 0 Å². The fourth-order valence-corrected chi connectivity index (χ4v) is 3.51. The highest BCUT2D eigenvalue weighted by molar-refractivity contribution is 6.04. The number of pyridine rings is 1. The first kappa shape index (κ1) is 18.5. The average Bonchev–Trinajstić information content (AvgIpc) is 3.56. The first-order valence-corrected chi connectivity index (χ1v) is 9.98. The molecular weight excluding hydrogens is 352 g/mol. The van der Waals surface area contributed by atoms with Gasteiger partial charge in [-0.25, -0.2) is 4.98 Å². The van der Waals surface area contributed by atoms with Gasteiger partial charge in [0, 0.05) is 37.7 Å². The number of hydrogen-bond acceptors (Lipinski definition) is 4. The minimum Gasteiger partial charge on any atom is -0.355 e. The molecular formula is C22H26N4O2. The van der Waals surface area contributed by atoms with Crippen LogP contribution in [0.15, 0.2) is 42.6 Å². The van der Waals surface area contributed by atoms with E-state index in [-0.39, 0.29) is 11.8 Å². The van der Waals surface area contributed by atoms with Crippen LogP contribution in [0.2, 0.25) is 0 Å². The maximum absolute atomic E-state index is 12.3. The molecule has 1 aromatic heterocycles. The molecule has 28 heavy (non-hydrogen) atoms. The van der Waals surface area contributed by atoms with E-state index in [1.54, 1.807) is 6.20 Å². The molecule has 0 unspecified atom stereocenters. The lowest BCUT2D eigenvalue weighted by atomic mass is 10.1. The summed E-state index contributed by atoms with van der Waals surface area (Å²) < 4.78 is 0. The number of aromatic nitrogens is 1. The van der Waals surface area contributed by atoms with Crippen LogP contribution in [0, 0.1) is 12.8 Å². The summed E-state index contributed by atoms with van der Waals surface area (Å²) in [6, 6.07) is 11.3. The number of carbonyl (C=O) groups excluding carboxylic acids is 2. The molecule has 6 nitrogen and oxygen atoms in total. The van der Waals surface area contributed by atoms with Gasteiger partial charge in [-0.1, -0.05) is 17.7 Å². The molecule has 1 saturated heterocycles. The number of rotatable bonds is 4. The van der Waals surface area contributed by atoms with Crippen molar-refractivity contribution in [2.45, 2.75) is 26.2 Å². The van der Waals surface area contributed by atoms with Gasteiger partial charge >= 0.3 is 0 Å². The predicted molar refractivity (Wildman–Crippen MR) is 110 cm³/mol. The third-order valence-electron chi connectivity index (χ3n) is 5.38. The van der Waals surface area contributed by atoms with Crippen molar-refractivity contribution in [1.82, 2.24) is 9.88 Å². The third-order valence-corrected chi connectivity index (χ3v) is 5.38. The monoisotopic (exact) mass is 378 g/mol. The minimum absolute atomic E-state index is 0.140.